The van der Waals surface area contributed by atoms with Crippen LogP contribution in [0.15, 0.2) is 18.2 Å². The van der Waals surface area contributed by atoms with Crippen LogP contribution in [0.1, 0.15) is 41.5 Å². The van der Waals surface area contributed by atoms with Crippen molar-refractivity contribution in [3.05, 3.63) is 35.2 Å². The maximum Gasteiger partial charge on any atom is 0.356 e. The molecule has 2 aromatic rings. The van der Waals surface area contributed by atoms with Gasteiger partial charge in [-0.15, -0.1) is 0 Å². The second kappa shape index (κ2) is 6.76. The second-order valence-electron chi connectivity index (χ2n) is 4.89. The van der Waals surface area contributed by atoms with E-state index in [1.807, 2.05) is 0 Å². The third-order valence-electron chi connectivity index (χ3n) is 3.22. The van der Waals surface area contributed by atoms with Gasteiger partial charge in [-0.25, -0.2) is 9.78 Å². The van der Waals surface area contributed by atoms with E-state index in [0.29, 0.717) is 35.0 Å². The van der Waals surface area contributed by atoms with Gasteiger partial charge in [0.25, 0.3) is 0 Å². The molecule has 6 heteroatoms. The van der Waals surface area contributed by atoms with Crippen molar-refractivity contribution in [2.75, 3.05) is 6.61 Å². The quantitative estimate of drug-likeness (QED) is 0.798. The molecule has 22 heavy (non-hydrogen) atoms. The average molecular weight is 299 g/mol. The molecule has 114 valence electrons. The molecule has 0 atom stereocenters. The largest absolute Gasteiger partial charge is 0.492 e. The number of benzene rings is 1. The number of nitrogens with zero attached hydrogens (tertiary/aromatic N) is 2. The number of carbonyl (C=O) groups is 1. The summed E-state index contributed by atoms with van der Waals surface area (Å²) in [4.78, 5) is 18.0. The zero-order valence-corrected chi connectivity index (χ0v) is 12.5. The van der Waals surface area contributed by atoms with Gasteiger partial charge in [-0.3, -0.25) is 0 Å². The highest BCUT2D eigenvalue weighted by molar-refractivity contribution is 5.87. The Morgan fingerprint density at radius 3 is 2.86 bits per heavy atom. The summed E-state index contributed by atoms with van der Waals surface area (Å²) in [6, 6.07) is 7.20. The molecule has 0 radical (unpaired) electrons. The summed E-state index contributed by atoms with van der Waals surface area (Å²) >= 11 is 0. The third kappa shape index (κ3) is 3.26. The number of nitrogens with one attached hydrogen (secondary N) is 1. The molecule has 0 aliphatic rings. The molecule has 0 unspecified atom stereocenters. The zero-order valence-electron chi connectivity index (χ0n) is 12.5. The molecule has 2 rings (SSSR count). The van der Waals surface area contributed by atoms with E-state index in [1.165, 1.54) is 0 Å². The number of carboxylic acid groups (broad SMARTS) is 1. The van der Waals surface area contributed by atoms with Crippen LogP contribution < -0.4 is 4.74 Å². The molecule has 6 nitrogen and oxygen atoms in total. The Labute approximate surface area is 128 Å². The molecule has 0 bridgehead atoms. The lowest BCUT2D eigenvalue weighted by molar-refractivity contribution is 0.0690. The molecule has 2 N–H and O–H groups in total. The van der Waals surface area contributed by atoms with E-state index in [-0.39, 0.29) is 5.69 Å². The van der Waals surface area contributed by atoms with Gasteiger partial charge in [0.05, 0.1) is 12.2 Å². The fourth-order valence-electron chi connectivity index (χ4n) is 2.02. The molecule has 0 fully saturated rings. The summed E-state index contributed by atoms with van der Waals surface area (Å²) in [6.07, 6.45) is 1.94. The Hall–Kier alpha value is -2.81. The number of hydrogen-bond donors (Lipinski definition) is 2. The van der Waals surface area contributed by atoms with Gasteiger partial charge in [0.1, 0.15) is 17.6 Å². The lowest BCUT2D eigenvalue weighted by Gasteiger charge is -2.08. The monoisotopic (exact) mass is 299 g/mol. The summed E-state index contributed by atoms with van der Waals surface area (Å²) in [5.41, 5.74) is 1.51. The Morgan fingerprint density at radius 2 is 2.27 bits per heavy atom. The highest BCUT2D eigenvalue weighted by Crippen LogP contribution is 2.25. The van der Waals surface area contributed by atoms with Gasteiger partial charge in [-0.1, -0.05) is 13.3 Å². The van der Waals surface area contributed by atoms with Crippen molar-refractivity contribution in [3.63, 3.8) is 0 Å². The summed E-state index contributed by atoms with van der Waals surface area (Å²) in [5, 5.41) is 18.3. The Bertz CT molecular complexity index is 729. The van der Waals surface area contributed by atoms with E-state index in [9.17, 15) is 10.1 Å². The van der Waals surface area contributed by atoms with E-state index >= 15 is 0 Å². The first-order valence-corrected chi connectivity index (χ1v) is 7.04. The first-order chi connectivity index (χ1) is 10.6. The highest BCUT2D eigenvalue weighted by atomic mass is 16.5. The number of hydrogen-bond acceptors (Lipinski definition) is 4. The van der Waals surface area contributed by atoms with Crippen molar-refractivity contribution in [2.24, 2.45) is 0 Å². The molecule has 0 aliphatic heterocycles. The predicted molar refractivity (Wildman–Crippen MR) is 80.8 cm³/mol. The second-order valence-corrected chi connectivity index (χ2v) is 4.89. The lowest BCUT2D eigenvalue weighted by Crippen LogP contribution is -1.99. The predicted octanol–water partition coefficient (Wildman–Crippen LogP) is 3.13. The number of H-pyrrole nitrogens is 1. The molecule has 0 aliphatic carbocycles. The zero-order chi connectivity index (χ0) is 16.1. The number of ether oxygens (including phenoxy) is 1. The van der Waals surface area contributed by atoms with E-state index in [0.717, 1.165) is 12.8 Å². The Kier molecular flexibility index (Phi) is 4.79. The van der Waals surface area contributed by atoms with Gasteiger partial charge in [0.2, 0.25) is 0 Å². The molecular formula is C16H17N3O3. The van der Waals surface area contributed by atoms with Crippen LogP contribution in [0, 0.1) is 18.3 Å². The topological polar surface area (TPSA) is 99.0 Å². The maximum atomic E-state index is 11.0. The fraction of sp³-hybridized carbons (Fsp3) is 0.312. The standard InChI is InChI=1S/C16H17N3O3/c1-3-4-7-22-13-6-5-11(8-12(13)9-17)15-18-10(2)14(19-15)16(20)21/h5-6,8H,3-4,7H2,1-2H3,(H,18,19)(H,20,21). The van der Waals surface area contributed by atoms with E-state index in [1.54, 1.807) is 25.1 Å². The number of aromatic amines is 1. The number of unbranched alkanes of at least 4 members (excludes halogenated alkanes) is 1. The van der Waals surface area contributed by atoms with Crippen LogP contribution >= 0.6 is 0 Å². The van der Waals surface area contributed by atoms with Crippen LogP contribution in [0.5, 0.6) is 5.75 Å². The molecule has 0 saturated carbocycles. The number of carboxylic acids is 1. The number of nitriles is 1. The normalized spacial score (nSPS) is 10.2. The summed E-state index contributed by atoms with van der Waals surface area (Å²) in [5.74, 6) is -0.132. The lowest BCUT2D eigenvalue weighted by atomic mass is 10.1. The maximum absolute atomic E-state index is 11.0. The van der Waals surface area contributed by atoms with Gasteiger partial charge >= 0.3 is 5.97 Å². The Morgan fingerprint density at radius 1 is 1.50 bits per heavy atom. The first-order valence-electron chi connectivity index (χ1n) is 7.04. The van der Waals surface area contributed by atoms with Gasteiger partial charge in [-0.2, -0.15) is 5.26 Å². The van der Waals surface area contributed by atoms with Crippen LogP contribution in [0.4, 0.5) is 0 Å². The van der Waals surface area contributed by atoms with Crippen molar-refractivity contribution >= 4 is 5.97 Å². The van der Waals surface area contributed by atoms with Crippen LogP contribution in [0.3, 0.4) is 0 Å². The molecule has 1 aromatic heterocycles. The third-order valence-corrected chi connectivity index (χ3v) is 3.22. The first kappa shape index (κ1) is 15.6. The van der Waals surface area contributed by atoms with Crippen LogP contribution in [-0.4, -0.2) is 27.7 Å². The fourth-order valence-corrected chi connectivity index (χ4v) is 2.02. The average Bonchev–Trinajstić information content (AvgIpc) is 2.90. The summed E-state index contributed by atoms with van der Waals surface area (Å²) < 4.78 is 5.58. The molecule has 0 spiro atoms. The minimum atomic E-state index is -1.08. The van der Waals surface area contributed by atoms with Crippen molar-refractivity contribution in [3.8, 4) is 23.2 Å². The molecule has 0 amide bonds. The van der Waals surface area contributed by atoms with Crippen LogP contribution in [-0.2, 0) is 0 Å². The molecular weight excluding hydrogens is 282 g/mol. The number of aryl methyl sites for hydroxylation is 1. The van der Waals surface area contributed by atoms with Crippen molar-refractivity contribution in [1.29, 1.82) is 5.26 Å². The van der Waals surface area contributed by atoms with Gasteiger partial charge < -0.3 is 14.8 Å². The van der Waals surface area contributed by atoms with E-state index < -0.39 is 5.97 Å². The van der Waals surface area contributed by atoms with Crippen molar-refractivity contribution in [1.82, 2.24) is 9.97 Å². The van der Waals surface area contributed by atoms with Gasteiger partial charge in [0, 0.05) is 11.3 Å². The van der Waals surface area contributed by atoms with Gasteiger partial charge in [-0.05, 0) is 31.5 Å². The summed E-state index contributed by atoms with van der Waals surface area (Å²) in [6.45, 7) is 4.28. The minimum Gasteiger partial charge on any atom is -0.492 e. The SMILES string of the molecule is CCCCOc1ccc(-c2nc(C(=O)O)c(C)[nH]2)cc1C#N. The number of imidazole rings is 1. The van der Waals surface area contributed by atoms with Crippen molar-refractivity contribution in [2.45, 2.75) is 26.7 Å². The summed E-state index contributed by atoms with van der Waals surface area (Å²) in [7, 11) is 0. The number of aromatic carboxylic acids is 1. The number of rotatable bonds is 6. The van der Waals surface area contributed by atoms with Gasteiger partial charge in [0.15, 0.2) is 5.69 Å². The van der Waals surface area contributed by atoms with Crippen LogP contribution in [0.25, 0.3) is 11.4 Å². The Balaban J connectivity index is 2.31. The minimum absolute atomic E-state index is 0.0169. The molecule has 0 saturated heterocycles. The van der Waals surface area contributed by atoms with Crippen molar-refractivity contribution < 1.29 is 14.6 Å². The molecule has 1 heterocycles. The van der Waals surface area contributed by atoms with Crippen LogP contribution in [0.2, 0.25) is 0 Å². The van der Waals surface area contributed by atoms with E-state index in [2.05, 4.69) is 23.0 Å². The highest BCUT2D eigenvalue weighted by Gasteiger charge is 2.15. The van der Waals surface area contributed by atoms with E-state index in [4.69, 9.17) is 9.84 Å². The molecule has 1 aromatic carbocycles. The number of aromatic nitrogens is 2. The smallest absolute Gasteiger partial charge is 0.356 e.